The molecule has 2 aliphatic rings. The molecule has 8 aromatic rings. The molecule has 0 bridgehead atoms. The first kappa shape index (κ1) is 36.0. The van der Waals surface area contributed by atoms with E-state index in [4.69, 9.17) is 0 Å². The minimum Gasteiger partial charge on any atom is -0.369 e. The van der Waals surface area contributed by atoms with E-state index in [0.29, 0.717) is 65.0 Å². The molecular weight excluding hydrogens is 748 g/mol. The molecule has 1 N–H and O–H groups in total. The summed E-state index contributed by atoms with van der Waals surface area (Å²) < 4.78 is 51.6. The van der Waals surface area contributed by atoms with Gasteiger partial charge in [-0.25, -0.2) is 33.1 Å². The van der Waals surface area contributed by atoms with Crippen LogP contribution in [0.1, 0.15) is 30.3 Å². The second-order valence-electron chi connectivity index (χ2n) is 15.5. The van der Waals surface area contributed by atoms with Crippen LogP contribution in [0.5, 0.6) is 0 Å². The normalized spacial score (nSPS) is 19.3. The monoisotopic (exact) mass is 785 g/mol. The average molecular weight is 786 g/mol. The number of aromatic nitrogens is 8. The van der Waals surface area contributed by atoms with E-state index < -0.39 is 23.0 Å². The number of pyridine rings is 2. The van der Waals surface area contributed by atoms with Crippen LogP contribution in [0.4, 0.5) is 18.9 Å². The number of likely N-dealkylation sites (N-methyl/N-ethyl adjacent to an activating group) is 1. The molecule has 58 heavy (non-hydrogen) atoms. The average Bonchev–Trinajstić information content (AvgIpc) is 3.79. The van der Waals surface area contributed by atoms with Crippen molar-refractivity contribution >= 4 is 38.8 Å². The van der Waals surface area contributed by atoms with Crippen LogP contribution in [-0.4, -0.2) is 88.1 Å². The van der Waals surface area contributed by atoms with Gasteiger partial charge in [0.1, 0.15) is 17.5 Å². The zero-order valence-electron chi connectivity index (χ0n) is 31.9. The van der Waals surface area contributed by atoms with Gasteiger partial charge in [0.2, 0.25) is 0 Å². The van der Waals surface area contributed by atoms with Crippen LogP contribution < -0.4 is 21.3 Å². The number of rotatable bonds is 5. The summed E-state index contributed by atoms with van der Waals surface area (Å²) >= 11 is 0. The van der Waals surface area contributed by atoms with Crippen LogP contribution in [0.3, 0.4) is 0 Å². The van der Waals surface area contributed by atoms with Gasteiger partial charge in [-0.1, -0.05) is 0 Å². The summed E-state index contributed by atoms with van der Waals surface area (Å²) in [5.41, 5.74) is 3.81. The highest BCUT2D eigenvalue weighted by Gasteiger charge is 2.35. The van der Waals surface area contributed by atoms with Gasteiger partial charge in [0, 0.05) is 79.9 Å². The van der Waals surface area contributed by atoms with Crippen molar-refractivity contribution in [3.63, 3.8) is 0 Å². The van der Waals surface area contributed by atoms with Gasteiger partial charge < -0.3 is 19.0 Å². The lowest BCUT2D eigenvalue weighted by molar-refractivity contribution is 0.140. The number of anilines is 1. The van der Waals surface area contributed by atoms with Crippen molar-refractivity contribution in [2.45, 2.75) is 44.8 Å². The predicted molar refractivity (Wildman–Crippen MR) is 214 cm³/mol. The van der Waals surface area contributed by atoms with Crippen molar-refractivity contribution in [1.29, 1.82) is 0 Å². The van der Waals surface area contributed by atoms with Crippen molar-refractivity contribution in [3.8, 4) is 16.8 Å². The molecular formula is C42H38F3N11O2. The smallest absolute Gasteiger partial charge is 0.265 e. The van der Waals surface area contributed by atoms with E-state index in [1.54, 1.807) is 64.1 Å². The lowest BCUT2D eigenvalue weighted by Crippen LogP contribution is -2.61. The second-order valence-corrected chi connectivity index (χ2v) is 15.5. The number of benzene rings is 2. The Labute approximate surface area is 328 Å². The van der Waals surface area contributed by atoms with E-state index in [1.807, 2.05) is 12.1 Å². The van der Waals surface area contributed by atoms with E-state index in [9.17, 15) is 18.4 Å². The SMILES string of the molecule is Cc1cn2cc(-c3cc(F)c4c(=O)n(C5CCNC(C6CN(c7ccc8c(=O)n(-c9cc(F)c%10nc(C)cn%10c9)cnc8c7)CCN6C)C5)cnc4c3)cc(F)c2n1. The van der Waals surface area contributed by atoms with Gasteiger partial charge in [-0.15, -0.1) is 0 Å². The van der Waals surface area contributed by atoms with Crippen LogP contribution in [-0.2, 0) is 0 Å². The van der Waals surface area contributed by atoms with Gasteiger partial charge in [0.05, 0.1) is 39.8 Å². The maximum absolute atomic E-state index is 15.8. The molecule has 0 saturated carbocycles. The van der Waals surface area contributed by atoms with Gasteiger partial charge in [-0.05, 0) is 82.2 Å². The number of hydrogen-bond donors (Lipinski definition) is 1. The zero-order valence-corrected chi connectivity index (χ0v) is 31.9. The molecule has 0 radical (unpaired) electrons. The summed E-state index contributed by atoms with van der Waals surface area (Å²) in [7, 11) is 2.09. The van der Waals surface area contributed by atoms with Crippen LogP contribution >= 0.6 is 0 Å². The Morgan fingerprint density at radius 2 is 1.47 bits per heavy atom. The molecule has 6 aromatic heterocycles. The summed E-state index contributed by atoms with van der Waals surface area (Å²) in [6.07, 6.45) is 11.0. The minimum absolute atomic E-state index is 0.0146. The topological polar surface area (TPSA) is 123 Å². The molecule has 0 aliphatic carbocycles. The highest BCUT2D eigenvalue weighted by molar-refractivity contribution is 5.84. The van der Waals surface area contributed by atoms with Crippen molar-refractivity contribution in [2.24, 2.45) is 0 Å². The van der Waals surface area contributed by atoms with Crippen LogP contribution in [0, 0.1) is 31.3 Å². The lowest BCUT2D eigenvalue weighted by atomic mass is 9.91. The third kappa shape index (κ3) is 6.01. The van der Waals surface area contributed by atoms with E-state index in [0.717, 1.165) is 18.8 Å². The Kier molecular flexibility index (Phi) is 8.45. The van der Waals surface area contributed by atoms with Gasteiger partial charge >= 0.3 is 0 Å². The maximum Gasteiger partial charge on any atom is 0.265 e. The van der Waals surface area contributed by atoms with E-state index in [2.05, 4.69) is 42.1 Å². The molecule has 13 nitrogen and oxygen atoms in total. The molecule has 294 valence electrons. The number of piperidine rings is 1. The van der Waals surface area contributed by atoms with Gasteiger partial charge in [0.25, 0.3) is 11.1 Å². The summed E-state index contributed by atoms with van der Waals surface area (Å²) in [6.45, 7) is 6.43. The highest BCUT2D eigenvalue weighted by atomic mass is 19.1. The first-order valence-corrected chi connectivity index (χ1v) is 19.2. The molecule has 3 unspecified atom stereocenters. The number of imidazole rings is 2. The van der Waals surface area contributed by atoms with Crippen molar-refractivity contribution < 1.29 is 13.2 Å². The van der Waals surface area contributed by atoms with Gasteiger partial charge in [0.15, 0.2) is 22.9 Å². The fourth-order valence-corrected chi connectivity index (χ4v) is 8.81. The van der Waals surface area contributed by atoms with E-state index >= 15 is 4.39 Å². The Bertz CT molecular complexity index is 3080. The molecule has 2 aromatic carbocycles. The Hall–Kier alpha value is -6.39. The minimum atomic E-state index is -0.710. The van der Waals surface area contributed by atoms with Crippen molar-refractivity contribution in [3.05, 3.63) is 129 Å². The molecule has 0 amide bonds. The fourth-order valence-electron chi connectivity index (χ4n) is 8.81. The van der Waals surface area contributed by atoms with Gasteiger partial charge in [-0.2, -0.15) is 0 Å². The predicted octanol–water partition coefficient (Wildman–Crippen LogP) is 5.21. The first-order chi connectivity index (χ1) is 28.0. The van der Waals surface area contributed by atoms with Crippen LogP contribution in [0.2, 0.25) is 0 Å². The molecule has 0 spiro atoms. The molecule has 2 saturated heterocycles. The largest absolute Gasteiger partial charge is 0.369 e. The number of nitrogens with one attached hydrogen (secondary N) is 1. The van der Waals surface area contributed by atoms with Crippen molar-refractivity contribution in [1.82, 2.24) is 48.1 Å². The number of piperazine rings is 1. The molecule has 16 heteroatoms. The summed E-state index contributed by atoms with van der Waals surface area (Å²) in [4.78, 5) is 49.7. The number of hydrogen-bond acceptors (Lipinski definition) is 9. The zero-order chi connectivity index (χ0) is 40.0. The Balaban J connectivity index is 0.888. The molecule has 8 heterocycles. The maximum atomic E-state index is 15.8. The number of fused-ring (bicyclic) bond motifs is 4. The first-order valence-electron chi connectivity index (χ1n) is 19.2. The quantitative estimate of drug-likeness (QED) is 0.251. The number of nitrogens with zero attached hydrogens (tertiary/aromatic N) is 10. The molecule has 10 rings (SSSR count). The third-order valence-electron chi connectivity index (χ3n) is 11.8. The second kappa shape index (κ2) is 13.6. The van der Waals surface area contributed by atoms with Crippen LogP contribution in [0.15, 0.2) is 89.5 Å². The number of halogens is 3. The standard InChI is InChI=1S/C42H38F3N11O2/c1-23-16-53-18-26(11-32(44)39(53)49-23)25-10-31(43)38-36(12-25)48-22-55(42(38)58)28-6-7-46-35(15-28)37-20-52(9-8-51(37)3)27-4-5-30-34(14-27)47-21-56(41(30)57)29-13-33(45)40-50-24(2)17-54(40)19-29/h4-5,10-14,16-19,21-22,28,35,37,46H,6-9,15,20H2,1-3H3. The molecule has 2 fully saturated rings. The van der Waals surface area contributed by atoms with Gasteiger partial charge in [-0.3, -0.25) is 23.6 Å². The summed E-state index contributed by atoms with van der Waals surface area (Å²) in [5, 5.41) is 3.99. The van der Waals surface area contributed by atoms with Crippen LogP contribution in [0.25, 0.3) is 49.9 Å². The number of aryl methyl sites for hydroxylation is 2. The van der Waals surface area contributed by atoms with Crippen molar-refractivity contribution in [2.75, 3.05) is 38.1 Å². The summed E-state index contributed by atoms with van der Waals surface area (Å²) in [5.74, 6) is -1.77. The summed E-state index contributed by atoms with van der Waals surface area (Å²) in [6, 6.07) is 11.0. The molecule has 3 atom stereocenters. The highest BCUT2D eigenvalue weighted by Crippen LogP contribution is 2.31. The third-order valence-corrected chi connectivity index (χ3v) is 11.8. The van der Waals surface area contributed by atoms with E-state index in [1.165, 1.54) is 35.4 Å². The molecule has 2 aliphatic heterocycles. The Morgan fingerprint density at radius 3 is 2.26 bits per heavy atom. The van der Waals surface area contributed by atoms with E-state index in [-0.39, 0.29) is 45.9 Å². The fraction of sp³-hybridized carbons (Fsp3) is 0.286. The lowest BCUT2D eigenvalue weighted by Gasteiger charge is -2.46. The Morgan fingerprint density at radius 1 is 0.741 bits per heavy atom.